The first-order chi connectivity index (χ1) is 14.8. The van der Waals surface area contributed by atoms with Crippen LogP contribution in [0.3, 0.4) is 0 Å². The Morgan fingerprint density at radius 2 is 1.66 bits per heavy atom. The van der Waals surface area contributed by atoms with Gasteiger partial charge in [-0.3, -0.25) is 0 Å². The SMILES string of the molecule is [N-]=[N+]=N[C@]1(CO)O[C@H](O[C@H]2[C@H](O)[C@@H](O)[C@H](O)O[C@@H]2CO)[C@H](O)[C@@](O)(C(=O)O)[C@]1(O)C(=O)O. The van der Waals surface area contributed by atoms with E-state index in [0.29, 0.717) is 0 Å². The average molecular weight is 471 g/mol. The molecule has 0 aromatic rings. The van der Waals surface area contributed by atoms with E-state index in [-0.39, 0.29) is 0 Å². The summed E-state index contributed by atoms with van der Waals surface area (Å²) in [5, 5.41) is 102. The second-order valence-electron chi connectivity index (χ2n) is 6.98. The van der Waals surface area contributed by atoms with Gasteiger partial charge in [0.2, 0.25) is 16.9 Å². The molecule has 2 aliphatic rings. The number of hydrogen-bond acceptors (Lipinski definition) is 14. The molecule has 2 fully saturated rings. The zero-order chi connectivity index (χ0) is 24.6. The predicted molar refractivity (Wildman–Crippen MR) is 89.9 cm³/mol. The van der Waals surface area contributed by atoms with Gasteiger partial charge in [0, 0.05) is 4.91 Å². The number of azide groups is 1. The van der Waals surface area contributed by atoms with E-state index < -0.39 is 85.2 Å². The highest BCUT2D eigenvalue weighted by molar-refractivity contribution is 5.93. The third-order valence-electron chi connectivity index (χ3n) is 5.30. The van der Waals surface area contributed by atoms with Gasteiger partial charge in [0.25, 0.3) is 0 Å². The maximum absolute atomic E-state index is 11.8. The standard InChI is InChI=1S/C14H21N3O15/c15-17-16-12(2-19)14(29,11(26)27)13(28,10(24)25)7(22)9(32-12)31-6-3(1-18)30-8(23)5(21)4(6)20/h3-9,18-23,28-29H,1-2H2,(H,24,25)(H,26,27)/t3-,4-,5-,6-,7+,8-,9+,12-,13-,14+/m1/s1. The number of hydrogen-bond donors (Lipinski definition) is 10. The Kier molecular flexibility index (Phi) is 7.32. The molecule has 0 saturated carbocycles. The van der Waals surface area contributed by atoms with Crippen LogP contribution in [0.2, 0.25) is 0 Å². The third-order valence-corrected chi connectivity index (χ3v) is 5.30. The van der Waals surface area contributed by atoms with Crippen molar-refractivity contribution >= 4 is 11.9 Å². The Hall–Kier alpha value is -2.19. The van der Waals surface area contributed by atoms with Gasteiger partial charge in [0.1, 0.15) is 30.5 Å². The molecule has 0 aliphatic carbocycles. The molecule has 18 nitrogen and oxygen atoms in total. The van der Waals surface area contributed by atoms with E-state index in [1.54, 1.807) is 0 Å². The first-order valence-corrected chi connectivity index (χ1v) is 8.69. The maximum atomic E-state index is 11.8. The van der Waals surface area contributed by atoms with Gasteiger partial charge >= 0.3 is 11.9 Å². The average Bonchev–Trinajstić information content (AvgIpc) is 2.74. The number of aliphatic hydroxyl groups is 8. The molecule has 0 radical (unpaired) electrons. The van der Waals surface area contributed by atoms with Crippen molar-refractivity contribution in [3.05, 3.63) is 10.4 Å². The van der Waals surface area contributed by atoms with Crippen LogP contribution in [0.25, 0.3) is 10.4 Å². The Bertz CT molecular complexity index is 785. The molecule has 2 aliphatic heterocycles. The number of carboxylic acids is 2. The van der Waals surface area contributed by atoms with E-state index in [2.05, 4.69) is 10.0 Å². The fourth-order valence-electron chi connectivity index (χ4n) is 3.51. The molecule has 18 heteroatoms. The number of ether oxygens (including phenoxy) is 3. The highest BCUT2D eigenvalue weighted by Crippen LogP contribution is 2.47. The minimum absolute atomic E-state index is 0.988. The van der Waals surface area contributed by atoms with E-state index in [9.17, 15) is 60.7 Å². The molecule has 0 spiro atoms. The molecule has 10 N–H and O–H groups in total. The van der Waals surface area contributed by atoms with Crippen LogP contribution in [0.1, 0.15) is 0 Å². The second-order valence-corrected chi connectivity index (χ2v) is 6.98. The second kappa shape index (κ2) is 8.98. The number of nitrogens with zero attached hydrogens (tertiary/aromatic N) is 3. The van der Waals surface area contributed by atoms with E-state index in [0.717, 1.165) is 0 Å². The van der Waals surface area contributed by atoms with Crippen LogP contribution in [0.5, 0.6) is 0 Å². The molecule has 2 heterocycles. The molecule has 0 unspecified atom stereocenters. The molecular weight excluding hydrogens is 450 g/mol. The number of aliphatic hydroxyl groups excluding tert-OH is 6. The number of aliphatic carboxylic acids is 2. The molecule has 2 saturated heterocycles. The van der Waals surface area contributed by atoms with Crippen molar-refractivity contribution in [1.82, 2.24) is 0 Å². The molecule has 0 aromatic carbocycles. The monoisotopic (exact) mass is 471 g/mol. The maximum Gasteiger partial charge on any atom is 0.342 e. The Labute approximate surface area is 176 Å². The van der Waals surface area contributed by atoms with Gasteiger partial charge in [0.15, 0.2) is 12.6 Å². The van der Waals surface area contributed by atoms with Crippen molar-refractivity contribution in [3.8, 4) is 0 Å². The van der Waals surface area contributed by atoms with Crippen molar-refractivity contribution in [2.24, 2.45) is 5.11 Å². The van der Waals surface area contributed by atoms with Crippen LogP contribution in [0.15, 0.2) is 5.11 Å². The topological polar surface area (TPSA) is 313 Å². The minimum Gasteiger partial charge on any atom is -0.479 e. The van der Waals surface area contributed by atoms with Crippen LogP contribution < -0.4 is 0 Å². The lowest BCUT2D eigenvalue weighted by molar-refractivity contribution is -0.404. The minimum atomic E-state index is -4.19. The molecule has 32 heavy (non-hydrogen) atoms. The van der Waals surface area contributed by atoms with Crippen molar-refractivity contribution in [1.29, 1.82) is 0 Å². The highest BCUT2D eigenvalue weighted by Gasteiger charge is 2.79. The molecule has 0 aromatic heterocycles. The van der Waals surface area contributed by atoms with Crippen LogP contribution in [0, 0.1) is 0 Å². The van der Waals surface area contributed by atoms with E-state index >= 15 is 0 Å². The lowest BCUT2D eigenvalue weighted by atomic mass is 9.69. The first-order valence-electron chi connectivity index (χ1n) is 8.69. The van der Waals surface area contributed by atoms with Gasteiger partial charge in [-0.2, -0.15) is 0 Å². The van der Waals surface area contributed by atoms with Crippen molar-refractivity contribution in [3.63, 3.8) is 0 Å². The smallest absolute Gasteiger partial charge is 0.342 e. The van der Waals surface area contributed by atoms with Crippen LogP contribution in [0.4, 0.5) is 0 Å². The zero-order valence-electron chi connectivity index (χ0n) is 15.8. The van der Waals surface area contributed by atoms with E-state index in [4.69, 9.17) is 19.7 Å². The van der Waals surface area contributed by atoms with Gasteiger partial charge in [-0.25, -0.2) is 9.59 Å². The van der Waals surface area contributed by atoms with Crippen LogP contribution >= 0.6 is 0 Å². The van der Waals surface area contributed by atoms with Crippen molar-refractivity contribution in [2.45, 2.75) is 60.0 Å². The largest absolute Gasteiger partial charge is 0.479 e. The summed E-state index contributed by atoms with van der Waals surface area (Å²) in [5.41, 5.74) is -3.10. The van der Waals surface area contributed by atoms with Gasteiger partial charge in [0.05, 0.1) is 13.2 Å². The van der Waals surface area contributed by atoms with Crippen LogP contribution in [-0.2, 0) is 23.8 Å². The first kappa shape index (κ1) is 26.1. The van der Waals surface area contributed by atoms with Gasteiger partial charge in [-0.1, -0.05) is 5.11 Å². The third kappa shape index (κ3) is 3.48. The van der Waals surface area contributed by atoms with Gasteiger partial charge in [-0.15, -0.1) is 0 Å². The summed E-state index contributed by atoms with van der Waals surface area (Å²) in [4.78, 5) is 25.7. The Morgan fingerprint density at radius 3 is 2.09 bits per heavy atom. The number of carboxylic acid groups (broad SMARTS) is 2. The highest BCUT2D eigenvalue weighted by atomic mass is 16.7. The molecule has 182 valence electrons. The normalized spacial score (nSPS) is 46.8. The lowest BCUT2D eigenvalue weighted by Crippen LogP contribution is -2.84. The molecule has 0 amide bonds. The molecule has 2 rings (SSSR count). The van der Waals surface area contributed by atoms with Crippen molar-refractivity contribution < 1.29 is 74.9 Å². The quantitative estimate of drug-likeness (QED) is 0.0938. The lowest BCUT2D eigenvalue weighted by Gasteiger charge is -2.55. The summed E-state index contributed by atoms with van der Waals surface area (Å²) < 4.78 is 14.8. The summed E-state index contributed by atoms with van der Waals surface area (Å²) in [6.07, 6.45) is -15.3. The molecule has 0 bridgehead atoms. The van der Waals surface area contributed by atoms with E-state index in [1.165, 1.54) is 0 Å². The summed E-state index contributed by atoms with van der Waals surface area (Å²) >= 11 is 0. The van der Waals surface area contributed by atoms with Gasteiger partial charge in [-0.05, 0) is 5.53 Å². The van der Waals surface area contributed by atoms with E-state index in [1.807, 2.05) is 0 Å². The predicted octanol–water partition coefficient (Wildman–Crippen LogP) is -5.85. The number of carbonyl (C=O) groups is 2. The van der Waals surface area contributed by atoms with Crippen LogP contribution in [-0.4, -0.2) is 136 Å². The summed E-state index contributed by atoms with van der Waals surface area (Å²) in [6, 6.07) is 0. The van der Waals surface area contributed by atoms with Crippen molar-refractivity contribution in [2.75, 3.05) is 13.2 Å². The Morgan fingerprint density at radius 1 is 1.06 bits per heavy atom. The fraction of sp³-hybridized carbons (Fsp3) is 0.857. The summed E-state index contributed by atoms with van der Waals surface area (Å²) in [7, 11) is 0. The molecular formula is C14H21N3O15. The number of rotatable bonds is 7. The summed E-state index contributed by atoms with van der Waals surface area (Å²) in [5.74, 6) is -5.17. The summed E-state index contributed by atoms with van der Waals surface area (Å²) in [6.45, 7) is -2.76. The molecule has 10 atom stereocenters. The Balaban J connectivity index is 2.62. The zero-order valence-corrected chi connectivity index (χ0v) is 15.8. The fourth-order valence-corrected chi connectivity index (χ4v) is 3.51. The van der Waals surface area contributed by atoms with Gasteiger partial charge < -0.3 is 65.3 Å².